The molecule has 0 saturated heterocycles. The van der Waals surface area contributed by atoms with Crippen molar-refractivity contribution < 1.29 is 23.9 Å². The van der Waals surface area contributed by atoms with Crippen molar-refractivity contribution in [3.63, 3.8) is 0 Å². The van der Waals surface area contributed by atoms with Crippen LogP contribution in [0.4, 0.5) is 5.69 Å². The van der Waals surface area contributed by atoms with Crippen LogP contribution in [-0.4, -0.2) is 41.7 Å². The van der Waals surface area contributed by atoms with E-state index in [2.05, 4.69) is 5.32 Å². The summed E-state index contributed by atoms with van der Waals surface area (Å²) in [6, 6.07) is 12.2. The number of esters is 1. The van der Waals surface area contributed by atoms with Crippen molar-refractivity contribution in [2.24, 2.45) is 0 Å². The zero-order valence-corrected chi connectivity index (χ0v) is 16.4. The third kappa shape index (κ3) is 4.68. The molecule has 0 spiro atoms. The third-order valence-corrected chi connectivity index (χ3v) is 4.66. The van der Waals surface area contributed by atoms with Crippen LogP contribution in [0.3, 0.4) is 0 Å². The molecule has 0 saturated carbocycles. The molecule has 3 amide bonds. The highest BCUT2D eigenvalue weighted by molar-refractivity contribution is 6.21. The highest BCUT2D eigenvalue weighted by Gasteiger charge is 2.34. The summed E-state index contributed by atoms with van der Waals surface area (Å²) in [5.74, 6) is -1.69. The van der Waals surface area contributed by atoms with Crippen molar-refractivity contribution in [3.05, 3.63) is 64.7 Å². The Morgan fingerprint density at radius 3 is 2.28 bits per heavy atom. The Morgan fingerprint density at radius 1 is 1.00 bits per heavy atom. The number of hydrogen-bond donors (Lipinski definition) is 1. The molecule has 1 N–H and O–H groups in total. The van der Waals surface area contributed by atoms with E-state index < -0.39 is 11.9 Å². The van der Waals surface area contributed by atoms with Crippen LogP contribution in [-0.2, 0) is 14.3 Å². The van der Waals surface area contributed by atoms with E-state index in [0.29, 0.717) is 16.8 Å². The van der Waals surface area contributed by atoms with Gasteiger partial charge in [0, 0.05) is 18.7 Å². The van der Waals surface area contributed by atoms with Crippen LogP contribution in [0.1, 0.15) is 44.7 Å². The Kier molecular flexibility index (Phi) is 6.07. The average molecular weight is 394 g/mol. The van der Waals surface area contributed by atoms with E-state index >= 15 is 0 Å². The first-order chi connectivity index (χ1) is 13.9. The number of imide groups is 1. The highest BCUT2D eigenvalue weighted by Crippen LogP contribution is 2.22. The smallest absolute Gasteiger partial charge is 0.306 e. The number of benzene rings is 2. The summed E-state index contributed by atoms with van der Waals surface area (Å²) >= 11 is 0. The Bertz CT molecular complexity index is 948. The number of nitrogens with one attached hydrogen (secondary N) is 1. The van der Waals surface area contributed by atoms with Gasteiger partial charge in [0.15, 0.2) is 6.61 Å². The molecule has 29 heavy (non-hydrogen) atoms. The van der Waals surface area contributed by atoms with Crippen LogP contribution in [0, 0.1) is 13.8 Å². The zero-order chi connectivity index (χ0) is 21.0. The largest absolute Gasteiger partial charge is 0.456 e. The van der Waals surface area contributed by atoms with Gasteiger partial charge in [-0.1, -0.05) is 29.8 Å². The minimum absolute atomic E-state index is 0.00421. The first-order valence-corrected chi connectivity index (χ1v) is 9.35. The van der Waals surface area contributed by atoms with Gasteiger partial charge in [0.1, 0.15) is 0 Å². The van der Waals surface area contributed by atoms with E-state index in [1.807, 2.05) is 26.0 Å². The summed E-state index contributed by atoms with van der Waals surface area (Å²) in [5.41, 5.74) is 3.43. The maximum Gasteiger partial charge on any atom is 0.306 e. The summed E-state index contributed by atoms with van der Waals surface area (Å²) in [7, 11) is 0. The molecule has 2 aromatic carbocycles. The fourth-order valence-corrected chi connectivity index (χ4v) is 3.18. The second-order valence-corrected chi connectivity index (χ2v) is 6.94. The lowest BCUT2D eigenvalue weighted by atomic mass is 10.1. The maximum absolute atomic E-state index is 12.3. The van der Waals surface area contributed by atoms with Gasteiger partial charge in [0.05, 0.1) is 11.1 Å². The van der Waals surface area contributed by atoms with Crippen LogP contribution >= 0.6 is 0 Å². The number of fused-ring (bicyclic) bond motifs is 1. The van der Waals surface area contributed by atoms with Crippen molar-refractivity contribution in [2.75, 3.05) is 18.5 Å². The standard InChI is InChI=1S/C22H22N2O5/c1-14-9-10-18(15(2)12-14)23-19(25)13-29-20(26)8-5-11-24-21(27)16-6-3-4-7-17(16)22(24)28/h3-4,6-7,9-10,12H,5,8,11,13H2,1-2H3,(H,23,25). The van der Waals surface area contributed by atoms with Crippen molar-refractivity contribution >= 4 is 29.4 Å². The molecule has 0 bridgehead atoms. The second-order valence-electron chi connectivity index (χ2n) is 6.94. The molecule has 3 rings (SSSR count). The molecule has 0 radical (unpaired) electrons. The molecule has 0 unspecified atom stereocenters. The van der Waals surface area contributed by atoms with Gasteiger partial charge in [-0.25, -0.2) is 0 Å². The number of nitrogens with zero attached hydrogens (tertiary/aromatic N) is 1. The minimum atomic E-state index is -0.558. The van der Waals surface area contributed by atoms with Gasteiger partial charge < -0.3 is 10.1 Å². The summed E-state index contributed by atoms with van der Waals surface area (Å²) < 4.78 is 4.98. The minimum Gasteiger partial charge on any atom is -0.456 e. The van der Waals surface area contributed by atoms with Gasteiger partial charge in [-0.15, -0.1) is 0 Å². The van der Waals surface area contributed by atoms with E-state index in [4.69, 9.17) is 4.74 Å². The van der Waals surface area contributed by atoms with Crippen molar-refractivity contribution in [1.82, 2.24) is 4.90 Å². The molecule has 1 heterocycles. The lowest BCUT2D eigenvalue weighted by Crippen LogP contribution is -2.31. The number of carbonyl (C=O) groups excluding carboxylic acids is 4. The predicted molar refractivity (Wildman–Crippen MR) is 107 cm³/mol. The highest BCUT2D eigenvalue weighted by atomic mass is 16.5. The quantitative estimate of drug-likeness (QED) is 0.576. The molecule has 0 fully saturated rings. The third-order valence-electron chi connectivity index (χ3n) is 4.66. The van der Waals surface area contributed by atoms with Gasteiger partial charge in [-0.05, 0) is 44.0 Å². The number of amides is 3. The fraction of sp³-hybridized carbons (Fsp3) is 0.273. The van der Waals surface area contributed by atoms with Crippen LogP contribution in [0.25, 0.3) is 0 Å². The lowest BCUT2D eigenvalue weighted by molar-refractivity contribution is -0.147. The maximum atomic E-state index is 12.3. The summed E-state index contributed by atoms with van der Waals surface area (Å²) in [4.78, 5) is 49.5. The SMILES string of the molecule is Cc1ccc(NC(=O)COC(=O)CCCN2C(=O)c3ccccc3C2=O)c(C)c1. The Morgan fingerprint density at radius 2 is 1.66 bits per heavy atom. The fourth-order valence-electron chi connectivity index (χ4n) is 3.18. The summed E-state index contributed by atoms with van der Waals surface area (Å²) in [6.45, 7) is 3.57. The van der Waals surface area contributed by atoms with E-state index in [9.17, 15) is 19.2 Å². The summed E-state index contributed by atoms with van der Waals surface area (Å²) in [5, 5.41) is 2.70. The predicted octanol–water partition coefficient (Wildman–Crippen LogP) is 2.86. The number of aryl methyl sites for hydroxylation is 2. The van der Waals surface area contributed by atoms with Crippen LogP contribution in [0.2, 0.25) is 0 Å². The Labute approximate surface area is 168 Å². The van der Waals surface area contributed by atoms with E-state index in [-0.39, 0.29) is 37.8 Å². The molecule has 150 valence electrons. The number of rotatable bonds is 7. The van der Waals surface area contributed by atoms with E-state index in [1.54, 1.807) is 30.3 Å². The van der Waals surface area contributed by atoms with Gasteiger partial charge in [0.2, 0.25) is 0 Å². The molecule has 7 heteroatoms. The summed E-state index contributed by atoms with van der Waals surface area (Å²) in [6.07, 6.45) is 0.271. The molecule has 1 aliphatic rings. The lowest BCUT2D eigenvalue weighted by Gasteiger charge is -2.13. The van der Waals surface area contributed by atoms with Gasteiger partial charge in [-0.3, -0.25) is 24.1 Å². The molecular weight excluding hydrogens is 372 g/mol. The second kappa shape index (κ2) is 8.68. The molecule has 0 atom stereocenters. The Hall–Kier alpha value is -3.48. The zero-order valence-electron chi connectivity index (χ0n) is 16.4. The number of carbonyl (C=O) groups is 4. The van der Waals surface area contributed by atoms with E-state index in [1.165, 1.54) is 0 Å². The number of ether oxygens (including phenoxy) is 1. The molecule has 7 nitrogen and oxygen atoms in total. The number of hydrogen-bond acceptors (Lipinski definition) is 5. The van der Waals surface area contributed by atoms with Crippen LogP contribution in [0.5, 0.6) is 0 Å². The molecule has 1 aliphatic heterocycles. The van der Waals surface area contributed by atoms with Crippen LogP contribution in [0.15, 0.2) is 42.5 Å². The van der Waals surface area contributed by atoms with E-state index in [0.717, 1.165) is 16.0 Å². The topological polar surface area (TPSA) is 92.8 Å². The molecule has 2 aromatic rings. The van der Waals surface area contributed by atoms with Crippen LogP contribution < -0.4 is 5.32 Å². The monoisotopic (exact) mass is 394 g/mol. The first kappa shape index (κ1) is 20.3. The normalized spacial score (nSPS) is 12.7. The van der Waals surface area contributed by atoms with Crippen molar-refractivity contribution in [1.29, 1.82) is 0 Å². The van der Waals surface area contributed by atoms with Crippen molar-refractivity contribution in [3.8, 4) is 0 Å². The molecule has 0 aromatic heterocycles. The Balaban J connectivity index is 1.41. The van der Waals surface area contributed by atoms with Crippen molar-refractivity contribution in [2.45, 2.75) is 26.7 Å². The number of anilines is 1. The molecule has 0 aliphatic carbocycles. The van der Waals surface area contributed by atoms with Gasteiger partial charge in [0.25, 0.3) is 17.7 Å². The first-order valence-electron chi connectivity index (χ1n) is 9.35. The van der Waals surface area contributed by atoms with Gasteiger partial charge in [-0.2, -0.15) is 0 Å². The average Bonchev–Trinajstić information content (AvgIpc) is 2.94. The molecular formula is C22H22N2O5. The van der Waals surface area contributed by atoms with Gasteiger partial charge >= 0.3 is 5.97 Å².